The van der Waals surface area contributed by atoms with Crippen LogP contribution in [0.1, 0.15) is 53.0 Å². The lowest BCUT2D eigenvalue weighted by atomic mass is 9.70. The largest absolute Gasteiger partial charge is 0.435 e. The minimum atomic E-state index is -4.92. The van der Waals surface area contributed by atoms with E-state index >= 15 is 0 Å². The van der Waals surface area contributed by atoms with E-state index < -0.39 is 43.2 Å². The van der Waals surface area contributed by atoms with Crippen molar-refractivity contribution in [2.45, 2.75) is 43.7 Å². The highest BCUT2D eigenvalue weighted by molar-refractivity contribution is 7.96. The second-order valence-electron chi connectivity index (χ2n) is 7.95. The maximum absolute atomic E-state index is 13.7. The number of amides is 1. The van der Waals surface area contributed by atoms with E-state index in [-0.39, 0.29) is 6.54 Å². The van der Waals surface area contributed by atoms with Gasteiger partial charge in [0.2, 0.25) is 5.13 Å². The lowest BCUT2D eigenvalue weighted by molar-refractivity contribution is -0.141. The molecule has 0 saturated heterocycles. The molecule has 1 fully saturated rings. The van der Waals surface area contributed by atoms with Gasteiger partial charge in [-0.1, -0.05) is 36.7 Å². The molecule has 4 rings (SSSR count). The molecule has 1 saturated carbocycles. The van der Waals surface area contributed by atoms with Crippen molar-refractivity contribution in [1.29, 1.82) is 0 Å². The summed E-state index contributed by atoms with van der Waals surface area (Å²) in [7, 11) is -4.02. The number of carbonyl (C=O) groups is 1. The van der Waals surface area contributed by atoms with Crippen LogP contribution in [0.25, 0.3) is 0 Å². The van der Waals surface area contributed by atoms with Crippen molar-refractivity contribution in [2.24, 2.45) is 0 Å². The number of hydrogen-bond donors (Lipinski definition) is 1. The molecule has 0 aromatic carbocycles. The molecule has 1 amide bonds. The highest BCUT2D eigenvalue weighted by Gasteiger charge is 2.42. The van der Waals surface area contributed by atoms with Crippen molar-refractivity contribution < 1.29 is 26.4 Å². The molecule has 1 aliphatic heterocycles. The Morgan fingerprint density at radius 1 is 1.21 bits per heavy atom. The number of aromatic nitrogens is 2. The molecule has 3 heterocycles. The number of hydrogen-bond acceptors (Lipinski definition) is 6. The van der Waals surface area contributed by atoms with Gasteiger partial charge in [-0.2, -0.15) is 13.2 Å². The SMILES string of the molecule is O=C(NCC1(c2cccnc2)CCCCC1)c1sc(N2C=CC=CS2(=O)=O)nc1C(F)(F)F. The van der Waals surface area contributed by atoms with Crippen LogP contribution in [0.5, 0.6) is 0 Å². The molecule has 12 heteroatoms. The van der Waals surface area contributed by atoms with E-state index in [0.29, 0.717) is 15.6 Å². The van der Waals surface area contributed by atoms with Crippen LogP contribution in [0.3, 0.4) is 0 Å². The maximum atomic E-state index is 13.7. The molecule has 0 unspecified atom stereocenters. The summed E-state index contributed by atoms with van der Waals surface area (Å²) < 4.78 is 66.1. The number of nitrogens with zero attached hydrogens (tertiary/aromatic N) is 3. The Morgan fingerprint density at radius 3 is 2.61 bits per heavy atom. The molecule has 0 spiro atoms. The van der Waals surface area contributed by atoms with E-state index in [1.165, 1.54) is 12.2 Å². The van der Waals surface area contributed by atoms with Gasteiger partial charge in [-0.15, -0.1) is 0 Å². The molecule has 1 aliphatic carbocycles. The highest BCUT2D eigenvalue weighted by Crippen LogP contribution is 2.40. The number of rotatable bonds is 5. The first-order chi connectivity index (χ1) is 15.6. The minimum Gasteiger partial charge on any atom is -0.350 e. The Balaban J connectivity index is 1.63. The van der Waals surface area contributed by atoms with E-state index in [0.717, 1.165) is 49.3 Å². The number of sulfonamides is 1. The summed E-state index contributed by atoms with van der Waals surface area (Å²) in [5, 5.41) is 3.06. The molecule has 176 valence electrons. The predicted octanol–water partition coefficient (Wildman–Crippen LogP) is 4.37. The Labute approximate surface area is 193 Å². The molecule has 2 aliphatic rings. The Bertz CT molecular complexity index is 1190. The van der Waals surface area contributed by atoms with Gasteiger partial charge in [0, 0.05) is 30.6 Å². The summed E-state index contributed by atoms with van der Waals surface area (Å²) in [5.74, 6) is -0.936. The average Bonchev–Trinajstić information content (AvgIpc) is 3.24. The van der Waals surface area contributed by atoms with Gasteiger partial charge in [0.25, 0.3) is 15.9 Å². The topological polar surface area (TPSA) is 92.3 Å². The summed E-state index contributed by atoms with van der Waals surface area (Å²) in [5.41, 5.74) is -0.891. The third-order valence-electron chi connectivity index (χ3n) is 5.81. The lowest BCUT2D eigenvalue weighted by Gasteiger charge is -2.37. The molecule has 33 heavy (non-hydrogen) atoms. The van der Waals surface area contributed by atoms with Gasteiger partial charge in [-0.05, 0) is 36.6 Å². The predicted molar refractivity (Wildman–Crippen MR) is 118 cm³/mol. The first kappa shape index (κ1) is 23.4. The normalized spacial score (nSPS) is 19.4. The molecular weight excluding hydrogens is 477 g/mol. The van der Waals surface area contributed by atoms with Crippen molar-refractivity contribution >= 4 is 32.4 Å². The van der Waals surface area contributed by atoms with Crippen molar-refractivity contribution in [2.75, 3.05) is 10.8 Å². The Kier molecular flexibility index (Phi) is 6.32. The number of allylic oxidation sites excluding steroid dienone is 2. The monoisotopic (exact) mass is 498 g/mol. The van der Waals surface area contributed by atoms with Gasteiger partial charge in [-0.25, -0.2) is 17.7 Å². The summed E-state index contributed by atoms with van der Waals surface area (Å²) in [6, 6.07) is 3.71. The third-order valence-corrected chi connectivity index (χ3v) is 8.32. The Hall–Kier alpha value is -2.73. The maximum Gasteiger partial charge on any atom is 0.435 e. The average molecular weight is 499 g/mol. The van der Waals surface area contributed by atoms with Gasteiger partial charge in [0.05, 0.1) is 5.41 Å². The standard InChI is InChI=1S/C21H21F3N4O3S2/c22-21(23,24)17-16(32-19(27-17)28-11-4-5-12-33(28,30)31)18(29)26-14-20(8-2-1-3-9-20)15-7-6-10-25-13-15/h4-7,10-13H,1-3,8-9,14H2,(H,26,29). The van der Waals surface area contributed by atoms with E-state index in [1.54, 1.807) is 18.5 Å². The molecule has 0 bridgehead atoms. The highest BCUT2D eigenvalue weighted by atomic mass is 32.2. The van der Waals surface area contributed by atoms with E-state index in [4.69, 9.17) is 0 Å². The van der Waals surface area contributed by atoms with E-state index in [9.17, 15) is 26.4 Å². The van der Waals surface area contributed by atoms with E-state index in [1.807, 2.05) is 6.07 Å². The smallest absolute Gasteiger partial charge is 0.350 e. The van der Waals surface area contributed by atoms with Crippen LogP contribution >= 0.6 is 11.3 Å². The van der Waals surface area contributed by atoms with Crippen molar-refractivity contribution in [1.82, 2.24) is 15.3 Å². The summed E-state index contributed by atoms with van der Waals surface area (Å²) in [4.78, 5) is 19.9. The molecular formula is C21H21F3N4O3S2. The van der Waals surface area contributed by atoms with Crippen LogP contribution in [0.4, 0.5) is 18.3 Å². The first-order valence-corrected chi connectivity index (χ1v) is 12.6. The first-order valence-electron chi connectivity index (χ1n) is 10.3. The minimum absolute atomic E-state index is 0.146. The fraction of sp³-hybridized carbons (Fsp3) is 0.381. The number of pyridine rings is 1. The molecule has 1 N–H and O–H groups in total. The fourth-order valence-corrected chi connectivity index (χ4v) is 6.38. The van der Waals surface area contributed by atoms with Crippen molar-refractivity contribution in [3.05, 3.63) is 64.4 Å². The van der Waals surface area contributed by atoms with Crippen LogP contribution < -0.4 is 9.62 Å². The summed E-state index contributed by atoms with van der Waals surface area (Å²) >= 11 is 0.391. The quantitative estimate of drug-likeness (QED) is 0.661. The van der Waals surface area contributed by atoms with Crippen LogP contribution in [0, 0.1) is 0 Å². The Morgan fingerprint density at radius 2 is 1.97 bits per heavy atom. The molecule has 7 nitrogen and oxygen atoms in total. The zero-order chi connectivity index (χ0) is 23.7. The third kappa shape index (κ3) is 4.81. The number of nitrogens with one attached hydrogen (secondary N) is 1. The zero-order valence-electron chi connectivity index (χ0n) is 17.4. The molecule has 2 aromatic heterocycles. The number of alkyl halides is 3. The van der Waals surface area contributed by atoms with Crippen molar-refractivity contribution in [3.8, 4) is 0 Å². The number of thiazole rings is 1. The van der Waals surface area contributed by atoms with Crippen LogP contribution in [0.2, 0.25) is 0 Å². The van der Waals surface area contributed by atoms with E-state index in [2.05, 4.69) is 15.3 Å². The van der Waals surface area contributed by atoms with Gasteiger partial charge in [0.15, 0.2) is 5.69 Å². The summed E-state index contributed by atoms with van der Waals surface area (Å²) in [6.07, 6.45) is 6.64. The molecule has 0 atom stereocenters. The summed E-state index contributed by atoms with van der Waals surface area (Å²) in [6.45, 7) is 0.146. The van der Waals surface area contributed by atoms with Crippen LogP contribution in [0.15, 0.2) is 48.3 Å². The van der Waals surface area contributed by atoms with Gasteiger partial charge < -0.3 is 5.32 Å². The zero-order valence-corrected chi connectivity index (χ0v) is 19.0. The number of anilines is 1. The fourth-order valence-electron chi connectivity index (χ4n) is 4.15. The lowest BCUT2D eigenvalue weighted by Crippen LogP contribution is -2.42. The second-order valence-corrected chi connectivity index (χ2v) is 10.6. The number of halogens is 3. The van der Waals surface area contributed by atoms with Crippen LogP contribution in [-0.4, -0.2) is 30.8 Å². The number of carbonyl (C=O) groups excluding carboxylic acids is 1. The molecule has 2 aromatic rings. The molecule has 0 radical (unpaired) electrons. The van der Waals surface area contributed by atoms with Gasteiger partial charge in [0.1, 0.15) is 4.88 Å². The van der Waals surface area contributed by atoms with Gasteiger partial charge >= 0.3 is 6.18 Å². The van der Waals surface area contributed by atoms with Gasteiger partial charge in [-0.3, -0.25) is 9.78 Å². The second kappa shape index (κ2) is 8.90. The van der Waals surface area contributed by atoms with Crippen LogP contribution in [-0.2, 0) is 21.6 Å². The van der Waals surface area contributed by atoms with Crippen molar-refractivity contribution in [3.63, 3.8) is 0 Å².